The summed E-state index contributed by atoms with van der Waals surface area (Å²) in [6.07, 6.45) is 4.01. The van der Waals surface area contributed by atoms with Crippen LogP contribution in [-0.4, -0.2) is 52.8 Å². The molecule has 2 heterocycles. The van der Waals surface area contributed by atoms with E-state index in [0.29, 0.717) is 32.6 Å². The van der Waals surface area contributed by atoms with Gasteiger partial charge in [0.25, 0.3) is 5.91 Å². The Morgan fingerprint density at radius 2 is 1.88 bits per heavy atom. The van der Waals surface area contributed by atoms with Gasteiger partial charge in [-0.25, -0.2) is 0 Å². The van der Waals surface area contributed by atoms with E-state index < -0.39 is 0 Å². The van der Waals surface area contributed by atoms with Crippen LogP contribution >= 0.6 is 0 Å². The van der Waals surface area contributed by atoms with Crippen LogP contribution in [0.3, 0.4) is 0 Å². The number of rotatable bonds is 3. The van der Waals surface area contributed by atoms with Crippen LogP contribution in [0.4, 0.5) is 0 Å². The lowest BCUT2D eigenvalue weighted by atomic mass is 10.1. The van der Waals surface area contributed by atoms with Crippen molar-refractivity contribution >= 4 is 22.7 Å². The Bertz CT molecular complexity index is 828. The second-order valence-electron chi connectivity index (χ2n) is 6.26. The highest BCUT2D eigenvalue weighted by molar-refractivity contribution is 5.93. The molecule has 1 aliphatic rings. The number of H-pyrrole nitrogens is 1. The average Bonchev–Trinajstić information content (AvgIpc) is 2.87. The van der Waals surface area contributed by atoms with E-state index in [9.17, 15) is 9.59 Å². The van der Waals surface area contributed by atoms with E-state index in [0.717, 1.165) is 18.4 Å². The van der Waals surface area contributed by atoms with Gasteiger partial charge in [0, 0.05) is 49.7 Å². The van der Waals surface area contributed by atoms with Crippen molar-refractivity contribution in [1.82, 2.24) is 14.8 Å². The third-order valence-corrected chi connectivity index (χ3v) is 4.65. The second-order valence-corrected chi connectivity index (χ2v) is 6.26. The lowest BCUT2D eigenvalue weighted by Gasteiger charge is -2.21. The van der Waals surface area contributed by atoms with Gasteiger partial charge >= 0.3 is 0 Å². The van der Waals surface area contributed by atoms with Gasteiger partial charge in [-0.2, -0.15) is 0 Å². The summed E-state index contributed by atoms with van der Waals surface area (Å²) in [6, 6.07) is 8.14. The van der Waals surface area contributed by atoms with Crippen LogP contribution in [-0.2, 0) is 16.0 Å². The van der Waals surface area contributed by atoms with Gasteiger partial charge in [-0.3, -0.25) is 9.59 Å². The van der Waals surface area contributed by atoms with Crippen molar-refractivity contribution in [1.29, 1.82) is 0 Å². The molecular formula is C20H23N3O2. The van der Waals surface area contributed by atoms with Gasteiger partial charge in [0.05, 0.1) is 0 Å². The van der Waals surface area contributed by atoms with Gasteiger partial charge in [0.15, 0.2) is 0 Å². The number of benzene rings is 1. The number of hydrogen-bond donors (Lipinski definition) is 1. The molecule has 0 aliphatic carbocycles. The second kappa shape index (κ2) is 7.89. The zero-order chi connectivity index (χ0) is 17.6. The molecular weight excluding hydrogens is 314 g/mol. The Kier molecular flexibility index (Phi) is 5.39. The number of carbonyl (C=O) groups is 2. The quantitative estimate of drug-likeness (QED) is 0.873. The van der Waals surface area contributed by atoms with Crippen LogP contribution in [0, 0.1) is 11.8 Å². The topological polar surface area (TPSA) is 56.4 Å². The fraction of sp³-hybridized carbons (Fsp3) is 0.400. The first kappa shape index (κ1) is 17.1. The number of fused-ring (bicyclic) bond motifs is 1. The molecule has 0 spiro atoms. The molecule has 0 bridgehead atoms. The Hall–Kier alpha value is -2.74. The third kappa shape index (κ3) is 4.03. The zero-order valence-corrected chi connectivity index (χ0v) is 14.5. The van der Waals surface area contributed by atoms with Crippen LogP contribution < -0.4 is 0 Å². The van der Waals surface area contributed by atoms with Gasteiger partial charge in [-0.15, -0.1) is 0 Å². The first-order valence-electron chi connectivity index (χ1n) is 8.73. The minimum atomic E-state index is -0.143. The smallest absolute Gasteiger partial charge is 0.298 e. The number of hydrogen-bond acceptors (Lipinski definition) is 2. The molecule has 3 rings (SSSR count). The molecule has 1 aromatic carbocycles. The molecule has 0 saturated carbocycles. The van der Waals surface area contributed by atoms with Gasteiger partial charge in [0.1, 0.15) is 0 Å². The number of carbonyl (C=O) groups excluding carboxylic acids is 2. The maximum atomic E-state index is 12.6. The van der Waals surface area contributed by atoms with E-state index in [1.54, 1.807) is 11.8 Å². The predicted octanol–water partition coefficient (Wildman–Crippen LogP) is 2.18. The molecule has 0 radical (unpaired) electrons. The lowest BCUT2D eigenvalue weighted by molar-refractivity contribution is -0.131. The SMILES string of the molecule is CC#CC(=O)N1CCCN(C(=O)CCc2c[nH]c3ccccc23)CC1. The number of amides is 2. The lowest BCUT2D eigenvalue weighted by Crippen LogP contribution is -2.37. The highest BCUT2D eigenvalue weighted by atomic mass is 16.2. The minimum Gasteiger partial charge on any atom is -0.361 e. The molecule has 5 nitrogen and oxygen atoms in total. The van der Waals surface area contributed by atoms with Crippen LogP contribution in [0.15, 0.2) is 30.5 Å². The number of aromatic amines is 1. The van der Waals surface area contributed by atoms with Gasteiger partial charge in [-0.1, -0.05) is 24.1 Å². The van der Waals surface area contributed by atoms with E-state index in [1.165, 1.54) is 10.9 Å². The highest BCUT2D eigenvalue weighted by Crippen LogP contribution is 2.19. The summed E-state index contributed by atoms with van der Waals surface area (Å²) in [7, 11) is 0. The molecule has 1 fully saturated rings. The molecule has 1 N–H and O–H groups in total. The summed E-state index contributed by atoms with van der Waals surface area (Å²) < 4.78 is 0. The highest BCUT2D eigenvalue weighted by Gasteiger charge is 2.21. The Labute approximate surface area is 148 Å². The van der Waals surface area contributed by atoms with Crippen molar-refractivity contribution < 1.29 is 9.59 Å². The van der Waals surface area contributed by atoms with Gasteiger partial charge < -0.3 is 14.8 Å². The first-order chi connectivity index (χ1) is 12.2. The van der Waals surface area contributed by atoms with Crippen molar-refractivity contribution in [3.8, 4) is 11.8 Å². The third-order valence-electron chi connectivity index (χ3n) is 4.65. The maximum absolute atomic E-state index is 12.6. The molecule has 2 aromatic rings. The zero-order valence-electron chi connectivity index (χ0n) is 14.5. The van der Waals surface area contributed by atoms with E-state index in [2.05, 4.69) is 22.9 Å². The molecule has 25 heavy (non-hydrogen) atoms. The number of nitrogens with zero attached hydrogens (tertiary/aromatic N) is 2. The normalized spacial score (nSPS) is 14.8. The summed E-state index contributed by atoms with van der Waals surface area (Å²) in [5.74, 6) is 5.23. The molecule has 5 heteroatoms. The Morgan fingerprint density at radius 1 is 1.12 bits per heavy atom. The van der Waals surface area contributed by atoms with Gasteiger partial charge in [0.2, 0.25) is 5.91 Å². The van der Waals surface area contributed by atoms with Crippen molar-refractivity contribution in [3.05, 3.63) is 36.0 Å². The van der Waals surface area contributed by atoms with Crippen LogP contribution in [0.1, 0.15) is 25.3 Å². The summed E-state index contributed by atoms with van der Waals surface area (Å²) in [6.45, 7) is 4.18. The summed E-state index contributed by atoms with van der Waals surface area (Å²) in [5.41, 5.74) is 2.28. The minimum absolute atomic E-state index is 0.143. The molecule has 1 saturated heterocycles. The van der Waals surface area contributed by atoms with Crippen LogP contribution in [0.25, 0.3) is 10.9 Å². The number of aryl methyl sites for hydroxylation is 1. The molecule has 0 atom stereocenters. The van der Waals surface area contributed by atoms with E-state index in [4.69, 9.17) is 0 Å². The number of nitrogens with one attached hydrogen (secondary N) is 1. The largest absolute Gasteiger partial charge is 0.361 e. The first-order valence-corrected chi connectivity index (χ1v) is 8.73. The molecule has 1 aliphatic heterocycles. The van der Waals surface area contributed by atoms with E-state index in [-0.39, 0.29) is 11.8 Å². The number of aromatic nitrogens is 1. The van der Waals surface area contributed by atoms with Crippen molar-refractivity contribution in [2.75, 3.05) is 26.2 Å². The Morgan fingerprint density at radius 3 is 2.72 bits per heavy atom. The predicted molar refractivity (Wildman–Crippen MR) is 97.8 cm³/mol. The number of para-hydroxylation sites is 1. The molecule has 0 unspecified atom stereocenters. The summed E-state index contributed by atoms with van der Waals surface area (Å²) >= 11 is 0. The molecule has 130 valence electrons. The average molecular weight is 337 g/mol. The summed E-state index contributed by atoms with van der Waals surface area (Å²) in [4.78, 5) is 31.3. The van der Waals surface area contributed by atoms with E-state index >= 15 is 0 Å². The molecule has 1 aromatic heterocycles. The van der Waals surface area contributed by atoms with Crippen LogP contribution in [0.2, 0.25) is 0 Å². The van der Waals surface area contributed by atoms with E-state index in [1.807, 2.05) is 29.3 Å². The van der Waals surface area contributed by atoms with Crippen molar-refractivity contribution in [2.45, 2.75) is 26.2 Å². The monoisotopic (exact) mass is 337 g/mol. The van der Waals surface area contributed by atoms with Crippen LogP contribution in [0.5, 0.6) is 0 Å². The standard InChI is InChI=1S/C20H23N3O2/c1-2-6-19(24)22-11-5-12-23(14-13-22)20(25)10-9-16-15-21-18-8-4-3-7-17(16)18/h3-4,7-8,15,21H,5,9-14H2,1H3. The van der Waals surface area contributed by atoms with Crippen molar-refractivity contribution in [2.24, 2.45) is 0 Å². The fourth-order valence-electron chi connectivity index (χ4n) is 3.29. The Balaban J connectivity index is 1.56. The fourth-order valence-corrected chi connectivity index (χ4v) is 3.29. The summed E-state index contributed by atoms with van der Waals surface area (Å²) in [5, 5.41) is 1.18. The van der Waals surface area contributed by atoms with Crippen molar-refractivity contribution in [3.63, 3.8) is 0 Å². The molecule has 2 amide bonds. The maximum Gasteiger partial charge on any atom is 0.298 e. The van der Waals surface area contributed by atoms with Gasteiger partial charge in [-0.05, 0) is 37.3 Å².